The van der Waals surface area contributed by atoms with E-state index >= 15 is 0 Å². The van der Waals surface area contributed by atoms with Crippen molar-refractivity contribution in [2.45, 2.75) is 38.5 Å². The van der Waals surface area contributed by atoms with Crippen LogP contribution in [0.1, 0.15) is 30.9 Å². The summed E-state index contributed by atoms with van der Waals surface area (Å²) in [5.74, 6) is 0.956. The molecule has 7 nitrogen and oxygen atoms in total. The minimum absolute atomic E-state index is 0.0362. The Kier molecular flexibility index (Phi) is 7.33. The maximum atomic E-state index is 13.8. The molecule has 1 aliphatic rings. The second-order valence-corrected chi connectivity index (χ2v) is 10.3. The predicted octanol–water partition coefficient (Wildman–Crippen LogP) is 3.77. The molecule has 0 bridgehead atoms. The second kappa shape index (κ2) is 9.81. The highest BCUT2D eigenvalue weighted by Gasteiger charge is 2.31. The molecule has 1 amide bonds. The monoisotopic (exact) mass is 460 g/mol. The van der Waals surface area contributed by atoms with Crippen LogP contribution in [0.25, 0.3) is 0 Å². The Morgan fingerprint density at radius 3 is 2.31 bits per heavy atom. The number of carbonyl (C=O) groups excluding carboxylic acids is 1. The van der Waals surface area contributed by atoms with Gasteiger partial charge in [0.1, 0.15) is 6.54 Å². The number of sulfonamides is 1. The van der Waals surface area contributed by atoms with E-state index in [1.54, 1.807) is 23.1 Å². The summed E-state index contributed by atoms with van der Waals surface area (Å²) in [6.45, 7) is 6.97. The van der Waals surface area contributed by atoms with Crippen LogP contribution in [-0.2, 0) is 14.8 Å². The average Bonchev–Trinajstić information content (AvgIpc) is 2.75. The van der Waals surface area contributed by atoms with Crippen LogP contribution in [0.4, 0.5) is 5.69 Å². The Morgan fingerprint density at radius 1 is 1.06 bits per heavy atom. The van der Waals surface area contributed by atoms with E-state index in [0.717, 1.165) is 24.0 Å². The predicted molar refractivity (Wildman–Crippen MR) is 125 cm³/mol. The quantitative estimate of drug-likeness (QED) is 0.629. The highest BCUT2D eigenvalue weighted by atomic mass is 32.2. The number of aryl methyl sites for hydroxylation is 2. The number of piperidine rings is 1. The van der Waals surface area contributed by atoms with E-state index in [9.17, 15) is 13.2 Å². The van der Waals surface area contributed by atoms with Gasteiger partial charge in [-0.05, 0) is 68.0 Å². The molecule has 0 saturated carbocycles. The molecule has 0 aliphatic carbocycles. The Hall–Kier alpha value is -2.74. The van der Waals surface area contributed by atoms with E-state index < -0.39 is 10.0 Å². The lowest BCUT2D eigenvalue weighted by atomic mass is 10.0. The van der Waals surface area contributed by atoms with Gasteiger partial charge in [-0.25, -0.2) is 8.42 Å². The van der Waals surface area contributed by atoms with E-state index in [4.69, 9.17) is 9.47 Å². The molecule has 0 N–H and O–H groups in total. The number of ether oxygens (including phenoxy) is 2. The molecule has 1 heterocycles. The van der Waals surface area contributed by atoms with Gasteiger partial charge in [0.05, 0.1) is 24.8 Å². The van der Waals surface area contributed by atoms with Gasteiger partial charge < -0.3 is 14.4 Å². The fraction of sp³-hybridized carbons (Fsp3) is 0.458. The first-order valence-corrected chi connectivity index (χ1v) is 12.2. The van der Waals surface area contributed by atoms with Crippen molar-refractivity contribution in [2.75, 3.05) is 38.2 Å². The van der Waals surface area contributed by atoms with E-state index in [2.05, 4.69) is 6.92 Å². The number of methoxy groups -OCH3 is 2. The zero-order valence-electron chi connectivity index (χ0n) is 19.4. The highest BCUT2D eigenvalue weighted by Crippen LogP contribution is 2.33. The Bertz CT molecular complexity index is 1060. The molecule has 0 radical (unpaired) electrons. The second-order valence-electron chi connectivity index (χ2n) is 8.46. The SMILES string of the molecule is COc1ccc(S(=O)(=O)N(CC(=O)N2CCCC(C)C2)c2cc(C)cc(C)c2)cc1OC. The molecule has 1 fully saturated rings. The van der Waals surface area contributed by atoms with Crippen molar-refractivity contribution in [1.29, 1.82) is 0 Å². The number of hydrogen-bond acceptors (Lipinski definition) is 5. The summed E-state index contributed by atoms with van der Waals surface area (Å²) in [5, 5.41) is 0. The third-order valence-corrected chi connectivity index (χ3v) is 7.50. The summed E-state index contributed by atoms with van der Waals surface area (Å²) in [5.41, 5.74) is 2.31. The minimum atomic E-state index is -4.04. The van der Waals surface area contributed by atoms with Gasteiger partial charge in [-0.15, -0.1) is 0 Å². The molecule has 0 spiro atoms. The lowest BCUT2D eigenvalue weighted by Crippen LogP contribution is -2.46. The van der Waals surface area contributed by atoms with Gasteiger partial charge in [-0.2, -0.15) is 0 Å². The molecule has 1 aliphatic heterocycles. The Balaban J connectivity index is 2.04. The number of rotatable bonds is 7. The molecule has 32 heavy (non-hydrogen) atoms. The van der Waals surface area contributed by atoms with Gasteiger partial charge in [0, 0.05) is 19.2 Å². The lowest BCUT2D eigenvalue weighted by molar-refractivity contribution is -0.131. The number of carbonyl (C=O) groups is 1. The Labute approximate surface area is 191 Å². The van der Waals surface area contributed by atoms with Gasteiger partial charge in [-0.1, -0.05) is 13.0 Å². The van der Waals surface area contributed by atoms with Crippen LogP contribution in [0.15, 0.2) is 41.3 Å². The van der Waals surface area contributed by atoms with Crippen molar-refractivity contribution in [3.63, 3.8) is 0 Å². The van der Waals surface area contributed by atoms with Crippen molar-refractivity contribution in [2.24, 2.45) is 5.92 Å². The third kappa shape index (κ3) is 5.18. The van der Waals surface area contributed by atoms with Crippen molar-refractivity contribution >= 4 is 21.6 Å². The normalized spacial score (nSPS) is 16.5. The molecule has 1 saturated heterocycles. The van der Waals surface area contributed by atoms with Crippen LogP contribution < -0.4 is 13.8 Å². The van der Waals surface area contributed by atoms with E-state index in [1.165, 1.54) is 30.7 Å². The maximum absolute atomic E-state index is 13.8. The van der Waals surface area contributed by atoms with Gasteiger partial charge >= 0.3 is 0 Å². The van der Waals surface area contributed by atoms with E-state index in [1.807, 2.05) is 19.9 Å². The van der Waals surface area contributed by atoms with Crippen LogP contribution >= 0.6 is 0 Å². The first-order chi connectivity index (χ1) is 15.1. The van der Waals surface area contributed by atoms with Crippen LogP contribution in [0.5, 0.6) is 11.5 Å². The minimum Gasteiger partial charge on any atom is -0.493 e. The number of nitrogens with zero attached hydrogens (tertiary/aromatic N) is 2. The first-order valence-electron chi connectivity index (χ1n) is 10.8. The van der Waals surface area contributed by atoms with Crippen LogP contribution in [0.2, 0.25) is 0 Å². The molecule has 0 aromatic heterocycles. The molecule has 174 valence electrons. The summed E-state index contributed by atoms with van der Waals surface area (Å²) < 4.78 is 39.3. The summed E-state index contributed by atoms with van der Waals surface area (Å²) in [4.78, 5) is 15.0. The number of benzene rings is 2. The van der Waals surface area contributed by atoms with Crippen LogP contribution in [-0.4, -0.2) is 53.1 Å². The van der Waals surface area contributed by atoms with Gasteiger partial charge in [-0.3, -0.25) is 9.10 Å². The Morgan fingerprint density at radius 2 is 1.72 bits per heavy atom. The molecule has 2 aromatic rings. The molecule has 1 atom stereocenters. The van der Waals surface area contributed by atoms with Gasteiger partial charge in [0.15, 0.2) is 11.5 Å². The van der Waals surface area contributed by atoms with Crippen LogP contribution in [0, 0.1) is 19.8 Å². The van der Waals surface area contributed by atoms with E-state index in [-0.39, 0.29) is 17.3 Å². The van der Waals surface area contributed by atoms with Crippen molar-refractivity contribution in [3.05, 3.63) is 47.5 Å². The van der Waals surface area contributed by atoms with Crippen molar-refractivity contribution < 1.29 is 22.7 Å². The third-order valence-electron chi connectivity index (χ3n) is 5.73. The highest BCUT2D eigenvalue weighted by molar-refractivity contribution is 7.92. The van der Waals surface area contributed by atoms with Gasteiger partial charge in [0.25, 0.3) is 10.0 Å². The standard InChI is InChI=1S/C24H32N2O5S/c1-17-7-6-10-25(15-17)24(27)16-26(20-12-18(2)11-19(3)13-20)32(28,29)21-8-9-22(30-4)23(14-21)31-5/h8-9,11-14,17H,6-7,10,15-16H2,1-5H3. The summed E-state index contributed by atoms with van der Waals surface area (Å²) in [6, 6.07) is 10.0. The molecule has 8 heteroatoms. The van der Waals surface area contributed by atoms with Crippen LogP contribution in [0.3, 0.4) is 0 Å². The first kappa shape index (κ1) is 23.9. The zero-order chi connectivity index (χ0) is 23.5. The fourth-order valence-corrected chi connectivity index (χ4v) is 5.57. The largest absolute Gasteiger partial charge is 0.493 e. The number of likely N-dealkylation sites (tertiary alicyclic amines) is 1. The zero-order valence-corrected chi connectivity index (χ0v) is 20.2. The summed E-state index contributed by atoms with van der Waals surface area (Å²) in [6.07, 6.45) is 2.01. The smallest absolute Gasteiger partial charge is 0.264 e. The van der Waals surface area contributed by atoms with Gasteiger partial charge in [0.2, 0.25) is 5.91 Å². The molecular weight excluding hydrogens is 428 g/mol. The maximum Gasteiger partial charge on any atom is 0.264 e. The molecule has 1 unspecified atom stereocenters. The van der Waals surface area contributed by atoms with Crippen molar-refractivity contribution in [3.8, 4) is 11.5 Å². The lowest BCUT2D eigenvalue weighted by Gasteiger charge is -2.33. The molecule has 3 rings (SSSR count). The molecular formula is C24H32N2O5S. The van der Waals surface area contributed by atoms with E-state index in [0.29, 0.717) is 36.2 Å². The fourth-order valence-electron chi connectivity index (χ4n) is 4.15. The van der Waals surface area contributed by atoms with Crippen molar-refractivity contribution in [1.82, 2.24) is 4.90 Å². The number of anilines is 1. The average molecular weight is 461 g/mol. The summed E-state index contributed by atoms with van der Waals surface area (Å²) >= 11 is 0. The number of hydrogen-bond donors (Lipinski definition) is 0. The summed E-state index contributed by atoms with van der Waals surface area (Å²) in [7, 11) is -1.09. The molecule has 2 aromatic carbocycles. The number of amides is 1. The topological polar surface area (TPSA) is 76.2 Å².